The van der Waals surface area contributed by atoms with E-state index >= 15 is 0 Å². The van der Waals surface area contributed by atoms with Crippen molar-refractivity contribution < 1.29 is 23.5 Å². The SMILES string of the molecule is NC(CC(=O)O)C(=O)NCc1cc(F)ccc1F. The summed E-state index contributed by atoms with van der Waals surface area (Å²) in [6.45, 7) is -0.254. The molecule has 0 aliphatic carbocycles. The Balaban J connectivity index is 2.57. The summed E-state index contributed by atoms with van der Waals surface area (Å²) in [6.07, 6.45) is -0.530. The van der Waals surface area contributed by atoms with Crippen molar-refractivity contribution in [3.05, 3.63) is 35.4 Å². The van der Waals surface area contributed by atoms with Gasteiger partial charge in [-0.1, -0.05) is 0 Å². The summed E-state index contributed by atoms with van der Waals surface area (Å²) < 4.78 is 26.0. The average Bonchev–Trinajstić information content (AvgIpc) is 2.29. The van der Waals surface area contributed by atoms with Crippen LogP contribution in [0.4, 0.5) is 8.78 Å². The first kappa shape index (κ1) is 14.0. The van der Waals surface area contributed by atoms with Crippen molar-refractivity contribution in [3.63, 3.8) is 0 Å². The van der Waals surface area contributed by atoms with Crippen molar-refractivity contribution in [2.24, 2.45) is 5.73 Å². The van der Waals surface area contributed by atoms with Gasteiger partial charge in [-0.15, -0.1) is 0 Å². The molecule has 1 aromatic carbocycles. The molecule has 0 aliphatic rings. The van der Waals surface area contributed by atoms with Crippen LogP contribution in [0.2, 0.25) is 0 Å². The summed E-state index contributed by atoms with van der Waals surface area (Å²) >= 11 is 0. The standard InChI is InChI=1S/C11H12F2N2O3/c12-7-1-2-8(13)6(3-7)5-15-11(18)9(14)4-10(16)17/h1-3,9H,4-5,14H2,(H,15,18)(H,16,17). The zero-order chi connectivity index (χ0) is 13.7. The second kappa shape index (κ2) is 6.06. The molecule has 1 unspecified atom stereocenters. The van der Waals surface area contributed by atoms with E-state index in [0.717, 1.165) is 18.2 Å². The number of carbonyl (C=O) groups excluding carboxylic acids is 1. The number of carboxylic acids is 1. The van der Waals surface area contributed by atoms with Crippen LogP contribution in [-0.2, 0) is 16.1 Å². The van der Waals surface area contributed by atoms with Gasteiger partial charge in [-0.25, -0.2) is 8.78 Å². The molecule has 1 aromatic rings. The molecule has 0 radical (unpaired) electrons. The molecule has 5 nitrogen and oxygen atoms in total. The molecule has 0 saturated carbocycles. The lowest BCUT2D eigenvalue weighted by atomic mass is 10.2. The van der Waals surface area contributed by atoms with Gasteiger partial charge in [0.1, 0.15) is 11.6 Å². The van der Waals surface area contributed by atoms with Crippen LogP contribution in [0, 0.1) is 11.6 Å². The lowest BCUT2D eigenvalue weighted by Crippen LogP contribution is -2.41. The van der Waals surface area contributed by atoms with Gasteiger partial charge in [-0.2, -0.15) is 0 Å². The summed E-state index contributed by atoms with van der Waals surface area (Å²) in [5.74, 6) is -3.24. The van der Waals surface area contributed by atoms with Crippen molar-refractivity contribution >= 4 is 11.9 Å². The molecule has 98 valence electrons. The molecular formula is C11H12F2N2O3. The lowest BCUT2D eigenvalue weighted by molar-refractivity contribution is -0.139. The summed E-state index contributed by atoms with van der Waals surface area (Å²) in [7, 11) is 0. The van der Waals surface area contributed by atoms with Crippen LogP contribution in [-0.4, -0.2) is 23.0 Å². The molecule has 0 spiro atoms. The minimum absolute atomic E-state index is 0.0362. The maximum Gasteiger partial charge on any atom is 0.305 e. The number of benzene rings is 1. The van der Waals surface area contributed by atoms with Crippen molar-refractivity contribution in [1.29, 1.82) is 0 Å². The molecule has 1 rings (SSSR count). The number of carbonyl (C=O) groups is 2. The van der Waals surface area contributed by atoms with Gasteiger partial charge in [0.15, 0.2) is 0 Å². The predicted octanol–water partition coefficient (Wildman–Crippen LogP) is 0.383. The summed E-state index contributed by atoms with van der Waals surface area (Å²) in [5, 5.41) is 10.7. The summed E-state index contributed by atoms with van der Waals surface area (Å²) in [4.78, 5) is 21.7. The van der Waals surface area contributed by atoms with Crippen molar-refractivity contribution in [1.82, 2.24) is 5.32 Å². The number of hydrogen-bond acceptors (Lipinski definition) is 3. The van der Waals surface area contributed by atoms with Gasteiger partial charge < -0.3 is 16.2 Å². The lowest BCUT2D eigenvalue weighted by Gasteiger charge is -2.10. The predicted molar refractivity (Wildman–Crippen MR) is 58.4 cm³/mol. The molecule has 0 aromatic heterocycles. The van der Waals surface area contributed by atoms with E-state index in [1.807, 2.05) is 0 Å². The topological polar surface area (TPSA) is 92.4 Å². The highest BCUT2D eigenvalue weighted by molar-refractivity contribution is 5.85. The van der Waals surface area contributed by atoms with Gasteiger partial charge in [0, 0.05) is 12.1 Å². The van der Waals surface area contributed by atoms with E-state index in [-0.39, 0.29) is 12.1 Å². The number of hydrogen-bond donors (Lipinski definition) is 3. The van der Waals surface area contributed by atoms with E-state index < -0.39 is 36.0 Å². The van der Waals surface area contributed by atoms with Gasteiger partial charge in [0.25, 0.3) is 0 Å². The first-order chi connectivity index (χ1) is 8.40. The molecule has 1 amide bonds. The minimum atomic E-state index is -1.22. The Kier molecular flexibility index (Phi) is 4.73. The molecule has 0 bridgehead atoms. The largest absolute Gasteiger partial charge is 0.481 e. The van der Waals surface area contributed by atoms with E-state index in [0.29, 0.717) is 0 Å². The molecule has 0 saturated heterocycles. The quantitative estimate of drug-likeness (QED) is 0.712. The Morgan fingerprint density at radius 2 is 2.06 bits per heavy atom. The maximum absolute atomic E-state index is 13.2. The van der Waals surface area contributed by atoms with E-state index in [1.54, 1.807) is 0 Å². The summed E-state index contributed by atoms with van der Waals surface area (Å²) in [5.41, 5.74) is 5.25. The summed E-state index contributed by atoms with van der Waals surface area (Å²) in [6, 6.07) is 1.61. The monoisotopic (exact) mass is 258 g/mol. The zero-order valence-electron chi connectivity index (χ0n) is 9.32. The van der Waals surface area contributed by atoms with Crippen LogP contribution in [0.15, 0.2) is 18.2 Å². The van der Waals surface area contributed by atoms with Gasteiger partial charge in [-0.05, 0) is 18.2 Å². The van der Waals surface area contributed by atoms with E-state index in [1.165, 1.54) is 0 Å². The van der Waals surface area contributed by atoms with Gasteiger partial charge in [0.2, 0.25) is 5.91 Å². The number of nitrogens with two attached hydrogens (primary N) is 1. The van der Waals surface area contributed by atoms with Crippen LogP contribution in [0.3, 0.4) is 0 Å². The Labute approximate surface area is 102 Å². The van der Waals surface area contributed by atoms with Crippen LogP contribution in [0.5, 0.6) is 0 Å². The fourth-order valence-electron chi connectivity index (χ4n) is 1.27. The Morgan fingerprint density at radius 3 is 2.67 bits per heavy atom. The second-order valence-corrected chi connectivity index (χ2v) is 3.66. The number of nitrogens with one attached hydrogen (secondary N) is 1. The molecule has 18 heavy (non-hydrogen) atoms. The first-order valence-corrected chi connectivity index (χ1v) is 5.09. The van der Waals surface area contributed by atoms with Crippen molar-refractivity contribution in [2.75, 3.05) is 0 Å². The third-order valence-electron chi connectivity index (χ3n) is 2.19. The van der Waals surface area contributed by atoms with E-state index in [9.17, 15) is 18.4 Å². The number of amides is 1. The number of rotatable bonds is 5. The van der Waals surface area contributed by atoms with Crippen molar-refractivity contribution in [3.8, 4) is 0 Å². The molecule has 4 N–H and O–H groups in total. The number of aliphatic carboxylic acids is 1. The Bertz CT molecular complexity index is 466. The molecule has 0 aliphatic heterocycles. The van der Waals surface area contributed by atoms with Crippen LogP contribution in [0.25, 0.3) is 0 Å². The molecule has 1 atom stereocenters. The third-order valence-corrected chi connectivity index (χ3v) is 2.19. The Hall–Kier alpha value is -2.02. The maximum atomic E-state index is 13.2. The highest BCUT2D eigenvalue weighted by atomic mass is 19.1. The highest BCUT2D eigenvalue weighted by Gasteiger charge is 2.17. The van der Waals surface area contributed by atoms with Gasteiger partial charge in [-0.3, -0.25) is 9.59 Å². The first-order valence-electron chi connectivity index (χ1n) is 5.09. The second-order valence-electron chi connectivity index (χ2n) is 3.66. The third kappa shape index (κ3) is 4.10. The smallest absolute Gasteiger partial charge is 0.305 e. The van der Waals surface area contributed by atoms with Crippen LogP contribution in [0.1, 0.15) is 12.0 Å². The minimum Gasteiger partial charge on any atom is -0.481 e. The molecule has 7 heteroatoms. The van der Waals surface area contributed by atoms with E-state index in [4.69, 9.17) is 10.8 Å². The van der Waals surface area contributed by atoms with Crippen LogP contribution < -0.4 is 11.1 Å². The van der Waals surface area contributed by atoms with Gasteiger partial charge >= 0.3 is 5.97 Å². The average molecular weight is 258 g/mol. The highest BCUT2D eigenvalue weighted by Crippen LogP contribution is 2.09. The van der Waals surface area contributed by atoms with Gasteiger partial charge in [0.05, 0.1) is 12.5 Å². The van der Waals surface area contributed by atoms with E-state index in [2.05, 4.69) is 5.32 Å². The number of halogens is 2. The molecule has 0 fully saturated rings. The molecule has 0 heterocycles. The van der Waals surface area contributed by atoms with Crippen molar-refractivity contribution in [2.45, 2.75) is 19.0 Å². The molecular weight excluding hydrogens is 246 g/mol. The van der Waals surface area contributed by atoms with Crippen LogP contribution >= 0.6 is 0 Å². The normalized spacial score (nSPS) is 11.9. The zero-order valence-corrected chi connectivity index (χ0v) is 9.32. The number of carboxylic acid groups (broad SMARTS) is 1. The fourth-order valence-corrected chi connectivity index (χ4v) is 1.27. The Morgan fingerprint density at radius 1 is 1.39 bits per heavy atom. The fraction of sp³-hybridized carbons (Fsp3) is 0.273.